The molecule has 0 fully saturated rings. The summed E-state index contributed by atoms with van der Waals surface area (Å²) in [5.41, 5.74) is 0.933. The van der Waals surface area contributed by atoms with Crippen LogP contribution in [0.3, 0.4) is 0 Å². The van der Waals surface area contributed by atoms with Gasteiger partial charge in [-0.25, -0.2) is 0 Å². The fraction of sp³-hybridized carbons (Fsp3) is 0. The topological polar surface area (TPSA) is 25.8 Å². The summed E-state index contributed by atoms with van der Waals surface area (Å²) < 4.78 is 4.79. The molecule has 2 nitrogen and oxygen atoms in total. The molecule has 0 aliphatic rings. The number of aromatic nitrogens is 2. The van der Waals surface area contributed by atoms with Crippen LogP contribution in [0.1, 0.15) is 0 Å². The van der Waals surface area contributed by atoms with E-state index in [1.54, 1.807) is 0 Å². The van der Waals surface area contributed by atoms with E-state index in [0.29, 0.717) is 0 Å². The predicted molar refractivity (Wildman–Crippen MR) is 36.3 cm³/mol. The molecular formula is C6H3N2S. The minimum Gasteiger partial charge on any atom is -0.138 e. The molecule has 2 rings (SSSR count). The van der Waals surface area contributed by atoms with Crippen molar-refractivity contribution in [3.05, 3.63) is 24.3 Å². The molecule has 0 N–H and O–H groups in total. The number of fused-ring (bicyclic) bond motifs is 1. The smallest absolute Gasteiger partial charge is 0.106 e. The summed E-state index contributed by atoms with van der Waals surface area (Å²) in [6.07, 6.45) is 0. The van der Waals surface area contributed by atoms with Crippen LogP contribution in [-0.4, -0.2) is 9.59 Å². The van der Waals surface area contributed by atoms with Gasteiger partial charge in [0.2, 0.25) is 0 Å². The van der Waals surface area contributed by atoms with Crippen molar-refractivity contribution in [2.75, 3.05) is 0 Å². The number of benzene rings is 1. The highest BCUT2D eigenvalue weighted by atomic mass is 32.1. The van der Waals surface area contributed by atoms with Crippen molar-refractivity contribution in [1.82, 2.24) is 9.59 Å². The second kappa shape index (κ2) is 1.77. The Morgan fingerprint density at radius 2 is 2.56 bits per heavy atom. The van der Waals surface area contributed by atoms with Crippen molar-refractivity contribution in [1.29, 1.82) is 0 Å². The van der Waals surface area contributed by atoms with Crippen molar-refractivity contribution < 1.29 is 0 Å². The Morgan fingerprint density at radius 1 is 1.56 bits per heavy atom. The molecule has 43 valence electrons. The lowest BCUT2D eigenvalue weighted by atomic mass is 10.3. The number of nitrogens with zero attached hydrogens (tertiary/aromatic N) is 2. The number of hydrogen-bond donors (Lipinski definition) is 0. The van der Waals surface area contributed by atoms with Crippen molar-refractivity contribution in [3.8, 4) is 0 Å². The van der Waals surface area contributed by atoms with Gasteiger partial charge in [-0.3, -0.25) is 0 Å². The molecule has 0 amide bonds. The molecular weight excluding hydrogens is 132 g/mol. The maximum atomic E-state index is 3.86. The molecule has 0 bridgehead atoms. The van der Waals surface area contributed by atoms with Crippen LogP contribution in [0.4, 0.5) is 0 Å². The van der Waals surface area contributed by atoms with Gasteiger partial charge >= 0.3 is 0 Å². The summed E-state index contributed by atoms with van der Waals surface area (Å²) in [4.78, 5) is 0. The van der Waals surface area contributed by atoms with Gasteiger partial charge < -0.3 is 0 Å². The average Bonchev–Trinajstić information content (AvgIpc) is 2.33. The van der Waals surface area contributed by atoms with E-state index in [4.69, 9.17) is 0 Å². The molecule has 9 heavy (non-hydrogen) atoms. The maximum absolute atomic E-state index is 3.86. The largest absolute Gasteiger partial charge is 0.138 e. The second-order valence-electron chi connectivity index (χ2n) is 1.66. The van der Waals surface area contributed by atoms with Crippen LogP contribution in [0.15, 0.2) is 18.2 Å². The van der Waals surface area contributed by atoms with Gasteiger partial charge in [0.15, 0.2) is 0 Å². The Labute approximate surface area is 56.3 Å². The molecule has 0 saturated heterocycles. The normalized spacial score (nSPS) is 10.2. The first-order valence-electron chi connectivity index (χ1n) is 2.55. The van der Waals surface area contributed by atoms with Crippen LogP contribution in [-0.2, 0) is 0 Å². The lowest BCUT2D eigenvalue weighted by Gasteiger charge is -1.77. The van der Waals surface area contributed by atoms with Crippen LogP contribution in [0.25, 0.3) is 10.2 Å². The van der Waals surface area contributed by atoms with E-state index in [1.165, 1.54) is 11.5 Å². The molecule has 0 aliphatic carbocycles. The third kappa shape index (κ3) is 0.695. The third-order valence-electron chi connectivity index (χ3n) is 1.08. The quantitative estimate of drug-likeness (QED) is 0.547. The predicted octanol–water partition coefficient (Wildman–Crippen LogP) is 1.49. The fourth-order valence-corrected chi connectivity index (χ4v) is 1.20. The standard InChI is InChI=1S/C6H3N2S/c1-2-4-6-5(3-1)7-8-9-6/h1-3H. The Balaban J connectivity index is 2.95. The first-order valence-corrected chi connectivity index (χ1v) is 3.33. The molecule has 0 unspecified atom stereocenters. The molecule has 1 aromatic heterocycles. The molecule has 0 saturated carbocycles. The van der Waals surface area contributed by atoms with E-state index in [2.05, 4.69) is 15.7 Å². The minimum atomic E-state index is 0.933. The van der Waals surface area contributed by atoms with E-state index in [-0.39, 0.29) is 0 Å². The summed E-state index contributed by atoms with van der Waals surface area (Å²) >= 11 is 1.37. The van der Waals surface area contributed by atoms with Gasteiger partial charge in [-0.1, -0.05) is 16.6 Å². The van der Waals surface area contributed by atoms with Crippen LogP contribution in [0.5, 0.6) is 0 Å². The fourth-order valence-electron chi connectivity index (χ4n) is 0.670. The molecule has 0 aliphatic heterocycles. The minimum absolute atomic E-state index is 0.933. The maximum Gasteiger partial charge on any atom is 0.106 e. The Kier molecular flexibility index (Phi) is 0.960. The zero-order valence-corrected chi connectivity index (χ0v) is 5.35. The highest BCUT2D eigenvalue weighted by molar-refractivity contribution is 7.12. The van der Waals surface area contributed by atoms with Gasteiger partial charge in [-0.05, 0) is 17.6 Å². The summed E-state index contributed by atoms with van der Waals surface area (Å²) in [5.74, 6) is 0. The van der Waals surface area contributed by atoms with Crippen molar-refractivity contribution in [3.63, 3.8) is 0 Å². The first-order chi connectivity index (χ1) is 4.47. The monoisotopic (exact) mass is 135 g/mol. The van der Waals surface area contributed by atoms with Gasteiger partial charge in [-0.2, -0.15) is 0 Å². The van der Waals surface area contributed by atoms with Crippen LogP contribution in [0.2, 0.25) is 0 Å². The van der Waals surface area contributed by atoms with Gasteiger partial charge in [-0.15, -0.1) is 5.10 Å². The molecule has 3 heteroatoms. The summed E-state index contributed by atoms with van der Waals surface area (Å²) in [5, 5.41) is 3.86. The van der Waals surface area contributed by atoms with Crippen molar-refractivity contribution in [2.24, 2.45) is 0 Å². The first kappa shape index (κ1) is 4.88. The Bertz CT molecular complexity index is 285. The highest BCUT2D eigenvalue weighted by Crippen LogP contribution is 2.11. The number of rotatable bonds is 0. The van der Waals surface area contributed by atoms with E-state index < -0.39 is 0 Å². The van der Waals surface area contributed by atoms with Gasteiger partial charge in [0, 0.05) is 6.07 Å². The van der Waals surface area contributed by atoms with Crippen LogP contribution >= 0.6 is 11.5 Å². The summed E-state index contributed by atoms with van der Waals surface area (Å²) in [6.45, 7) is 0. The highest BCUT2D eigenvalue weighted by Gasteiger charge is 1.92. The zero-order valence-electron chi connectivity index (χ0n) is 4.53. The summed E-state index contributed by atoms with van der Waals surface area (Å²) in [6, 6.07) is 8.72. The van der Waals surface area contributed by atoms with Gasteiger partial charge in [0.05, 0.1) is 4.70 Å². The second-order valence-corrected chi connectivity index (χ2v) is 2.41. The summed E-state index contributed by atoms with van der Waals surface area (Å²) in [7, 11) is 0. The lowest BCUT2D eigenvalue weighted by molar-refractivity contribution is 1.20. The van der Waals surface area contributed by atoms with E-state index in [0.717, 1.165) is 10.2 Å². The van der Waals surface area contributed by atoms with Gasteiger partial charge in [0.25, 0.3) is 0 Å². The SMILES string of the molecule is [c]1cccc2nnsc12. The zero-order chi connectivity index (χ0) is 6.10. The average molecular weight is 135 g/mol. The molecule has 2 aromatic rings. The molecule has 1 heterocycles. The number of hydrogen-bond acceptors (Lipinski definition) is 3. The van der Waals surface area contributed by atoms with Crippen molar-refractivity contribution in [2.45, 2.75) is 0 Å². The van der Waals surface area contributed by atoms with E-state index >= 15 is 0 Å². The van der Waals surface area contributed by atoms with Crippen LogP contribution < -0.4 is 0 Å². The lowest BCUT2D eigenvalue weighted by Crippen LogP contribution is -1.64. The third-order valence-corrected chi connectivity index (χ3v) is 1.75. The van der Waals surface area contributed by atoms with Crippen LogP contribution in [0, 0.1) is 6.07 Å². The molecule has 0 spiro atoms. The Morgan fingerprint density at radius 3 is 3.44 bits per heavy atom. The van der Waals surface area contributed by atoms with E-state index in [9.17, 15) is 0 Å². The Hall–Kier alpha value is -0.960. The van der Waals surface area contributed by atoms with Crippen molar-refractivity contribution >= 4 is 21.7 Å². The molecule has 1 radical (unpaired) electrons. The molecule has 0 atom stereocenters. The van der Waals surface area contributed by atoms with Gasteiger partial charge in [0.1, 0.15) is 5.52 Å². The van der Waals surface area contributed by atoms with E-state index in [1.807, 2.05) is 18.2 Å². The molecule has 1 aromatic carbocycles.